The second-order valence-electron chi connectivity index (χ2n) is 4.69. The van der Waals surface area contributed by atoms with Crippen LogP contribution in [0.2, 0.25) is 0 Å². The van der Waals surface area contributed by atoms with Crippen LogP contribution in [0, 0.1) is 5.92 Å². The molecule has 1 saturated heterocycles. The van der Waals surface area contributed by atoms with Crippen molar-refractivity contribution in [2.45, 2.75) is 38.5 Å². The van der Waals surface area contributed by atoms with Crippen molar-refractivity contribution >= 4 is 0 Å². The molecule has 100 valence electrons. The zero-order valence-electron chi connectivity index (χ0n) is 10.0. The molecule has 2 N–H and O–H groups in total. The van der Waals surface area contributed by atoms with Crippen LogP contribution in [0.4, 0.5) is 4.39 Å². The first-order chi connectivity index (χ1) is 8.41. The van der Waals surface area contributed by atoms with Crippen LogP contribution in [0.1, 0.15) is 20.1 Å². The lowest BCUT2D eigenvalue weighted by atomic mass is 10.0. The maximum absolute atomic E-state index is 13.9. The van der Waals surface area contributed by atoms with Crippen LogP contribution < -0.4 is 11.2 Å². The van der Waals surface area contributed by atoms with E-state index in [-0.39, 0.29) is 5.92 Å². The van der Waals surface area contributed by atoms with Gasteiger partial charge in [0.2, 0.25) is 0 Å². The quantitative estimate of drug-likeness (QED) is 0.768. The van der Waals surface area contributed by atoms with Gasteiger partial charge in [0.25, 0.3) is 5.56 Å². The molecule has 0 bridgehead atoms. The van der Waals surface area contributed by atoms with Gasteiger partial charge in [0, 0.05) is 12.3 Å². The topological polar surface area (TPSA) is 84.3 Å². The van der Waals surface area contributed by atoms with Crippen LogP contribution in [0.3, 0.4) is 0 Å². The lowest BCUT2D eigenvalue weighted by Gasteiger charge is -2.18. The van der Waals surface area contributed by atoms with E-state index in [1.807, 2.05) is 4.98 Å². The minimum Gasteiger partial charge on any atom is -0.387 e. The van der Waals surface area contributed by atoms with Crippen molar-refractivity contribution in [3.8, 4) is 0 Å². The van der Waals surface area contributed by atoms with E-state index in [0.29, 0.717) is 0 Å². The second-order valence-corrected chi connectivity index (χ2v) is 4.69. The van der Waals surface area contributed by atoms with Crippen LogP contribution in [0.5, 0.6) is 0 Å². The molecule has 0 saturated carbocycles. The Kier molecular flexibility index (Phi) is 3.36. The number of hydrogen-bond donors (Lipinski definition) is 2. The molecular weight excluding hydrogens is 243 g/mol. The molecule has 4 atom stereocenters. The third kappa shape index (κ3) is 2.11. The predicted molar refractivity (Wildman–Crippen MR) is 61.0 cm³/mol. The summed E-state index contributed by atoms with van der Waals surface area (Å²) in [5.41, 5.74) is -1.32. The summed E-state index contributed by atoms with van der Waals surface area (Å²) in [4.78, 5) is 24.5. The molecule has 0 spiro atoms. The largest absolute Gasteiger partial charge is 0.387 e. The third-order valence-electron chi connectivity index (χ3n) is 3.01. The number of alkyl halides is 1. The standard InChI is InChI=1S/C11H15FN2O4/c1-5(2)9-8(16)7(12)10(18-9)14-4-3-6(15)13-11(14)17/h3-5,7-10,16H,1-2H3,(H,13,15,17)/t7-,8?,9+,10+/m0/s1. The molecule has 1 unspecified atom stereocenters. The maximum Gasteiger partial charge on any atom is 0.330 e. The molecular formula is C11H15FN2O4. The van der Waals surface area contributed by atoms with Gasteiger partial charge in [0.1, 0.15) is 6.10 Å². The summed E-state index contributed by atoms with van der Waals surface area (Å²) in [6, 6.07) is 1.10. The van der Waals surface area contributed by atoms with Crippen LogP contribution in [-0.2, 0) is 4.74 Å². The molecule has 1 aromatic rings. The third-order valence-corrected chi connectivity index (χ3v) is 3.01. The highest BCUT2D eigenvalue weighted by atomic mass is 19.1. The molecule has 0 aromatic carbocycles. The number of aliphatic hydroxyl groups excluding tert-OH is 1. The summed E-state index contributed by atoms with van der Waals surface area (Å²) in [5, 5.41) is 9.72. The van der Waals surface area contributed by atoms with E-state index < -0.39 is 35.9 Å². The number of nitrogens with zero attached hydrogens (tertiary/aromatic N) is 1. The smallest absolute Gasteiger partial charge is 0.330 e. The van der Waals surface area contributed by atoms with Gasteiger partial charge in [-0.15, -0.1) is 0 Å². The van der Waals surface area contributed by atoms with Crippen molar-refractivity contribution in [2.24, 2.45) is 5.92 Å². The average molecular weight is 258 g/mol. The first kappa shape index (κ1) is 13.0. The predicted octanol–water partition coefficient (Wildman–Crippen LogP) is -0.211. The van der Waals surface area contributed by atoms with Gasteiger partial charge < -0.3 is 9.84 Å². The summed E-state index contributed by atoms with van der Waals surface area (Å²) >= 11 is 0. The van der Waals surface area contributed by atoms with Gasteiger partial charge in [-0.05, 0) is 5.92 Å². The molecule has 2 rings (SSSR count). The van der Waals surface area contributed by atoms with E-state index in [2.05, 4.69) is 0 Å². The minimum atomic E-state index is -1.71. The number of H-pyrrole nitrogens is 1. The van der Waals surface area contributed by atoms with Crippen molar-refractivity contribution in [3.63, 3.8) is 0 Å². The SMILES string of the molecule is CC(C)[C@H]1O[C@@H](n2ccc(=O)[nH]c2=O)[C@@H](F)C1O. The van der Waals surface area contributed by atoms with E-state index in [9.17, 15) is 19.1 Å². The number of halogens is 1. The fourth-order valence-corrected chi connectivity index (χ4v) is 2.06. The second kappa shape index (κ2) is 4.66. The molecule has 18 heavy (non-hydrogen) atoms. The lowest BCUT2D eigenvalue weighted by Crippen LogP contribution is -2.35. The van der Waals surface area contributed by atoms with Gasteiger partial charge >= 0.3 is 5.69 Å². The number of rotatable bonds is 2. The zero-order valence-corrected chi connectivity index (χ0v) is 10.0. The van der Waals surface area contributed by atoms with E-state index >= 15 is 0 Å². The van der Waals surface area contributed by atoms with Gasteiger partial charge in [-0.3, -0.25) is 14.3 Å². The average Bonchev–Trinajstić information content (AvgIpc) is 2.57. The van der Waals surface area contributed by atoms with Crippen molar-refractivity contribution in [2.75, 3.05) is 0 Å². The molecule has 0 aliphatic carbocycles. The molecule has 1 fully saturated rings. The zero-order chi connectivity index (χ0) is 13.4. The Morgan fingerprint density at radius 2 is 2.17 bits per heavy atom. The Hall–Kier alpha value is -1.47. The Morgan fingerprint density at radius 1 is 1.50 bits per heavy atom. The first-order valence-electron chi connectivity index (χ1n) is 5.71. The number of ether oxygens (including phenoxy) is 1. The minimum absolute atomic E-state index is 0.0817. The van der Waals surface area contributed by atoms with Crippen LogP contribution >= 0.6 is 0 Å². The molecule has 6 nitrogen and oxygen atoms in total. The fraction of sp³-hybridized carbons (Fsp3) is 0.636. The van der Waals surface area contributed by atoms with E-state index in [1.54, 1.807) is 13.8 Å². The molecule has 1 aliphatic heterocycles. The van der Waals surface area contributed by atoms with Gasteiger partial charge in [-0.2, -0.15) is 0 Å². The van der Waals surface area contributed by atoms with Gasteiger partial charge in [-0.1, -0.05) is 13.8 Å². The maximum atomic E-state index is 13.9. The van der Waals surface area contributed by atoms with E-state index in [4.69, 9.17) is 4.74 Å². The van der Waals surface area contributed by atoms with Crippen LogP contribution in [-0.4, -0.2) is 33.0 Å². The molecule has 0 radical (unpaired) electrons. The Morgan fingerprint density at radius 3 is 2.67 bits per heavy atom. The summed E-state index contributed by atoms with van der Waals surface area (Å²) in [6.45, 7) is 3.58. The van der Waals surface area contributed by atoms with Crippen LogP contribution in [0.25, 0.3) is 0 Å². The van der Waals surface area contributed by atoms with E-state index in [1.165, 1.54) is 0 Å². The summed E-state index contributed by atoms with van der Waals surface area (Å²) in [7, 11) is 0. The van der Waals surface area contributed by atoms with Crippen molar-refractivity contribution < 1.29 is 14.2 Å². The number of aromatic amines is 1. The highest BCUT2D eigenvalue weighted by Gasteiger charge is 2.46. The van der Waals surface area contributed by atoms with Crippen molar-refractivity contribution in [1.29, 1.82) is 0 Å². The molecule has 1 aliphatic rings. The molecule has 2 heterocycles. The number of nitrogens with one attached hydrogen (secondary N) is 1. The lowest BCUT2D eigenvalue weighted by molar-refractivity contribution is -0.0468. The van der Waals surface area contributed by atoms with Gasteiger partial charge in [-0.25, -0.2) is 9.18 Å². The highest BCUT2D eigenvalue weighted by molar-refractivity contribution is 4.94. The van der Waals surface area contributed by atoms with Crippen LogP contribution in [0.15, 0.2) is 21.9 Å². The summed E-state index contributed by atoms with van der Waals surface area (Å²) < 4.78 is 20.2. The van der Waals surface area contributed by atoms with E-state index in [0.717, 1.165) is 16.8 Å². The summed E-state index contributed by atoms with van der Waals surface area (Å²) in [5.74, 6) is -0.0817. The molecule has 0 amide bonds. The van der Waals surface area contributed by atoms with Gasteiger partial charge in [0.05, 0.1) is 6.10 Å². The fourth-order valence-electron chi connectivity index (χ4n) is 2.06. The number of aromatic nitrogens is 2. The van der Waals surface area contributed by atoms with Crippen molar-refractivity contribution in [3.05, 3.63) is 33.1 Å². The molecule has 7 heteroatoms. The Labute approximate surface area is 102 Å². The van der Waals surface area contributed by atoms with Gasteiger partial charge in [0.15, 0.2) is 12.4 Å². The van der Waals surface area contributed by atoms with Crippen molar-refractivity contribution in [1.82, 2.24) is 9.55 Å². The highest BCUT2D eigenvalue weighted by Crippen LogP contribution is 2.33. The molecule has 1 aromatic heterocycles. The normalized spacial score (nSPS) is 32.1. The number of aliphatic hydroxyl groups is 1. The summed E-state index contributed by atoms with van der Waals surface area (Å²) in [6.07, 6.45) is -3.72. The Balaban J connectivity index is 2.35. The Bertz CT molecular complexity index is 538. The monoisotopic (exact) mass is 258 g/mol. The number of hydrogen-bond acceptors (Lipinski definition) is 4. The first-order valence-corrected chi connectivity index (χ1v) is 5.71.